The molecule has 3 rings (SSSR count). The fraction of sp³-hybridized carbons (Fsp3) is 0.158. The first kappa shape index (κ1) is 17.3. The number of carbonyl (C=O) groups is 2. The molecule has 1 amide bonds. The maximum atomic E-state index is 12.5. The van der Waals surface area contributed by atoms with Crippen LogP contribution in [0.4, 0.5) is 5.69 Å². The van der Waals surface area contributed by atoms with Crippen LogP contribution in [0.3, 0.4) is 0 Å². The van der Waals surface area contributed by atoms with Crippen molar-refractivity contribution in [2.45, 2.75) is 6.92 Å². The van der Waals surface area contributed by atoms with Crippen LogP contribution in [0.5, 0.6) is 0 Å². The van der Waals surface area contributed by atoms with Crippen molar-refractivity contribution in [1.82, 2.24) is 9.55 Å². The molecule has 0 bridgehead atoms. The van der Waals surface area contributed by atoms with Gasteiger partial charge < -0.3 is 10.1 Å². The number of benzene rings is 1. The lowest BCUT2D eigenvalue weighted by atomic mass is 10.1. The maximum absolute atomic E-state index is 12.5. The fourth-order valence-electron chi connectivity index (χ4n) is 2.56. The van der Waals surface area contributed by atoms with Crippen molar-refractivity contribution >= 4 is 28.6 Å². The summed E-state index contributed by atoms with van der Waals surface area (Å²) < 4.78 is 6.25. The largest absolute Gasteiger partial charge is 0.462 e. The minimum absolute atomic E-state index is 0.0162. The molecular formula is C19H17N3O4. The van der Waals surface area contributed by atoms with Crippen molar-refractivity contribution < 1.29 is 14.3 Å². The van der Waals surface area contributed by atoms with Crippen LogP contribution in [0.2, 0.25) is 0 Å². The number of amides is 1. The number of nitrogens with one attached hydrogen (secondary N) is 1. The lowest BCUT2D eigenvalue weighted by molar-refractivity contribution is 0.0526. The molecule has 0 radical (unpaired) electrons. The Balaban J connectivity index is 1.86. The predicted octanol–water partition coefficient (Wildman–Crippen LogP) is 2.36. The van der Waals surface area contributed by atoms with Crippen LogP contribution < -0.4 is 10.9 Å². The Kier molecular flexibility index (Phi) is 4.79. The van der Waals surface area contributed by atoms with E-state index in [1.807, 2.05) is 0 Å². The number of ether oxygens (including phenoxy) is 1. The summed E-state index contributed by atoms with van der Waals surface area (Å²) in [5.41, 5.74) is 0.945. The van der Waals surface area contributed by atoms with E-state index in [2.05, 4.69) is 10.3 Å². The molecule has 0 aliphatic carbocycles. The van der Waals surface area contributed by atoms with E-state index in [4.69, 9.17) is 4.74 Å². The van der Waals surface area contributed by atoms with Crippen molar-refractivity contribution in [3.63, 3.8) is 0 Å². The average molecular weight is 351 g/mol. The zero-order chi connectivity index (χ0) is 18.7. The van der Waals surface area contributed by atoms with Crippen LogP contribution in [-0.2, 0) is 11.8 Å². The second-order valence-electron chi connectivity index (χ2n) is 5.59. The number of hydrogen-bond acceptors (Lipinski definition) is 5. The van der Waals surface area contributed by atoms with Crippen LogP contribution in [0.15, 0.2) is 53.5 Å². The molecule has 2 aromatic heterocycles. The molecule has 0 saturated heterocycles. The van der Waals surface area contributed by atoms with E-state index >= 15 is 0 Å². The van der Waals surface area contributed by atoms with E-state index < -0.39 is 17.4 Å². The third-order valence-electron chi connectivity index (χ3n) is 3.87. The molecule has 0 aliphatic rings. The number of aromatic nitrogens is 2. The Bertz CT molecular complexity index is 1040. The lowest BCUT2D eigenvalue weighted by Gasteiger charge is -2.09. The molecule has 1 N–H and O–H groups in total. The predicted molar refractivity (Wildman–Crippen MR) is 97.3 cm³/mol. The maximum Gasteiger partial charge on any atom is 0.338 e. The molecule has 132 valence electrons. The highest BCUT2D eigenvalue weighted by atomic mass is 16.5. The van der Waals surface area contributed by atoms with Crippen LogP contribution in [0.25, 0.3) is 11.0 Å². The van der Waals surface area contributed by atoms with E-state index in [0.29, 0.717) is 22.3 Å². The van der Waals surface area contributed by atoms with Crippen molar-refractivity contribution in [3.05, 3.63) is 70.1 Å². The van der Waals surface area contributed by atoms with Crippen LogP contribution in [0.1, 0.15) is 27.6 Å². The van der Waals surface area contributed by atoms with Crippen LogP contribution in [-0.4, -0.2) is 28.0 Å². The first-order valence-electron chi connectivity index (χ1n) is 8.04. The number of esters is 1. The highest BCUT2D eigenvalue weighted by Crippen LogP contribution is 2.14. The van der Waals surface area contributed by atoms with E-state index in [-0.39, 0.29) is 12.2 Å². The van der Waals surface area contributed by atoms with Crippen LogP contribution >= 0.6 is 0 Å². The number of pyridine rings is 2. The Labute approximate surface area is 149 Å². The monoisotopic (exact) mass is 351 g/mol. The molecule has 0 atom stereocenters. The summed E-state index contributed by atoms with van der Waals surface area (Å²) in [6, 6.07) is 11.3. The molecule has 7 heteroatoms. The smallest absolute Gasteiger partial charge is 0.338 e. The number of aryl methyl sites for hydroxylation is 1. The van der Waals surface area contributed by atoms with Gasteiger partial charge in [-0.3, -0.25) is 14.2 Å². The Morgan fingerprint density at radius 3 is 2.62 bits per heavy atom. The van der Waals surface area contributed by atoms with Crippen molar-refractivity contribution in [3.8, 4) is 0 Å². The van der Waals surface area contributed by atoms with Gasteiger partial charge in [0.2, 0.25) is 0 Å². The summed E-state index contributed by atoms with van der Waals surface area (Å²) in [5.74, 6) is -0.957. The molecule has 0 aliphatic heterocycles. The number of nitrogens with zero attached hydrogens (tertiary/aromatic N) is 2. The topological polar surface area (TPSA) is 90.3 Å². The molecular weight excluding hydrogens is 334 g/mol. The fourth-order valence-corrected chi connectivity index (χ4v) is 2.56. The Morgan fingerprint density at radius 2 is 1.92 bits per heavy atom. The Morgan fingerprint density at radius 1 is 1.19 bits per heavy atom. The second-order valence-corrected chi connectivity index (χ2v) is 5.59. The van der Waals surface area contributed by atoms with Gasteiger partial charge in [0.25, 0.3) is 11.5 Å². The van der Waals surface area contributed by atoms with E-state index in [1.165, 1.54) is 10.6 Å². The summed E-state index contributed by atoms with van der Waals surface area (Å²) in [4.78, 5) is 40.7. The van der Waals surface area contributed by atoms with Gasteiger partial charge in [-0.15, -0.1) is 0 Å². The van der Waals surface area contributed by atoms with Gasteiger partial charge in [0, 0.05) is 24.3 Å². The zero-order valence-electron chi connectivity index (χ0n) is 14.4. The minimum atomic E-state index is -0.528. The number of hydrogen-bond donors (Lipinski definition) is 1. The number of fused-ring (bicyclic) bond motifs is 1. The molecule has 0 spiro atoms. The Hall–Kier alpha value is -3.48. The molecule has 0 unspecified atom stereocenters. The second kappa shape index (κ2) is 7.18. The lowest BCUT2D eigenvalue weighted by Crippen LogP contribution is -2.28. The summed E-state index contributed by atoms with van der Waals surface area (Å²) in [7, 11) is 1.57. The van der Waals surface area contributed by atoms with Gasteiger partial charge in [-0.25, -0.2) is 9.78 Å². The van der Waals surface area contributed by atoms with Crippen molar-refractivity contribution in [2.24, 2.45) is 7.05 Å². The quantitative estimate of drug-likeness (QED) is 0.729. The summed E-state index contributed by atoms with van der Waals surface area (Å²) in [5, 5.41) is 3.36. The molecule has 0 saturated carbocycles. The minimum Gasteiger partial charge on any atom is -0.462 e. The number of rotatable bonds is 4. The highest BCUT2D eigenvalue weighted by Gasteiger charge is 2.15. The summed E-state index contributed by atoms with van der Waals surface area (Å²) >= 11 is 0. The average Bonchev–Trinajstić information content (AvgIpc) is 2.65. The summed E-state index contributed by atoms with van der Waals surface area (Å²) in [6.45, 7) is 2.02. The molecule has 26 heavy (non-hydrogen) atoms. The van der Waals surface area contributed by atoms with Crippen LogP contribution in [0, 0.1) is 0 Å². The first-order chi connectivity index (χ1) is 12.5. The van der Waals surface area contributed by atoms with Gasteiger partial charge in [-0.2, -0.15) is 0 Å². The highest BCUT2D eigenvalue weighted by molar-refractivity contribution is 6.05. The number of carbonyl (C=O) groups excluding carboxylic acids is 2. The number of anilines is 1. The summed E-state index contributed by atoms with van der Waals surface area (Å²) in [6.07, 6.45) is 1.59. The van der Waals surface area contributed by atoms with Crippen molar-refractivity contribution in [2.75, 3.05) is 11.9 Å². The van der Waals surface area contributed by atoms with E-state index in [0.717, 1.165) is 0 Å². The van der Waals surface area contributed by atoms with Gasteiger partial charge in [-0.05, 0) is 49.4 Å². The van der Waals surface area contributed by atoms with Gasteiger partial charge in [0.15, 0.2) is 0 Å². The van der Waals surface area contributed by atoms with Gasteiger partial charge in [0.05, 0.1) is 12.2 Å². The first-order valence-corrected chi connectivity index (χ1v) is 8.04. The SMILES string of the molecule is CCOC(=O)c1ccc(NC(=O)c2cc3cccnc3n(C)c2=O)cc1. The van der Waals surface area contributed by atoms with Gasteiger partial charge in [-0.1, -0.05) is 0 Å². The van der Waals surface area contributed by atoms with Crippen molar-refractivity contribution in [1.29, 1.82) is 0 Å². The van der Waals surface area contributed by atoms with Gasteiger partial charge in [0.1, 0.15) is 11.2 Å². The standard InChI is InChI=1S/C19H17N3O4/c1-3-26-19(25)12-6-8-14(9-7-12)21-17(23)15-11-13-5-4-10-20-16(13)22(2)18(15)24/h4-11H,3H2,1-2H3,(H,21,23). The molecule has 3 aromatic rings. The third kappa shape index (κ3) is 3.32. The molecule has 0 fully saturated rings. The zero-order valence-corrected chi connectivity index (χ0v) is 14.4. The third-order valence-corrected chi connectivity index (χ3v) is 3.87. The molecule has 7 nitrogen and oxygen atoms in total. The van der Waals surface area contributed by atoms with E-state index in [1.54, 1.807) is 56.6 Å². The molecule has 2 heterocycles. The van der Waals surface area contributed by atoms with E-state index in [9.17, 15) is 14.4 Å². The molecule has 1 aromatic carbocycles. The normalized spacial score (nSPS) is 10.5. The van der Waals surface area contributed by atoms with Gasteiger partial charge >= 0.3 is 5.97 Å².